The molecule has 8 nitrogen and oxygen atoms in total. The molecule has 208 valence electrons. The number of pyridine rings is 2. The summed E-state index contributed by atoms with van der Waals surface area (Å²) in [5.41, 5.74) is 7.83. The predicted octanol–water partition coefficient (Wildman–Crippen LogP) is 7.29. The van der Waals surface area contributed by atoms with E-state index in [-0.39, 0.29) is 17.3 Å². The second-order valence-electron chi connectivity index (χ2n) is 9.38. The van der Waals surface area contributed by atoms with E-state index in [1.807, 2.05) is 38.1 Å². The quantitative estimate of drug-likeness (QED) is 0.173. The van der Waals surface area contributed by atoms with Crippen molar-refractivity contribution in [2.75, 3.05) is 16.4 Å². The first-order valence-corrected chi connectivity index (χ1v) is 13.3. The van der Waals surface area contributed by atoms with Gasteiger partial charge < -0.3 is 16.4 Å². The van der Waals surface area contributed by atoms with Gasteiger partial charge in [-0.25, -0.2) is 19.9 Å². The number of nitrogens with one attached hydrogen (secondary N) is 2. The molecule has 0 aliphatic heterocycles. The van der Waals surface area contributed by atoms with Crippen molar-refractivity contribution in [2.45, 2.75) is 35.7 Å². The molecule has 0 aliphatic carbocycles. The van der Waals surface area contributed by atoms with Gasteiger partial charge in [-0.2, -0.15) is 13.2 Å². The first-order chi connectivity index (χ1) is 19.6. The SMILES string of the molecule is CC(C)c1ccc2c(Nc3cc(C(=O)Nc4ccc(C(F)(F)F)cn4)ccc3Sc3ccc(N)cc3)ncnc2n1. The standard InChI is InChI=1S/C29H24F3N7OS/c1-16(2)22-10-9-21-26(37-22)35-15-36-27(21)38-23-13-17(3-11-24(23)41-20-7-5-19(33)6-8-20)28(40)39-25-12-4-18(14-34-25)29(30,31)32/h3-16H,33H2,1-2H3,(H,34,39,40)(H,35,36,37,38). The van der Waals surface area contributed by atoms with E-state index in [1.165, 1.54) is 18.1 Å². The molecule has 3 heterocycles. The van der Waals surface area contributed by atoms with Crippen molar-refractivity contribution >= 4 is 51.7 Å². The van der Waals surface area contributed by atoms with Crippen molar-refractivity contribution in [2.24, 2.45) is 0 Å². The Kier molecular flexibility index (Phi) is 7.75. The number of hydrogen-bond donors (Lipinski definition) is 3. The zero-order chi connectivity index (χ0) is 29.1. The second kappa shape index (κ2) is 11.4. The van der Waals surface area contributed by atoms with Crippen LogP contribution in [0.1, 0.15) is 41.4 Å². The molecule has 4 N–H and O–H groups in total. The number of nitrogens with zero attached hydrogens (tertiary/aromatic N) is 4. The number of carbonyl (C=O) groups is 1. The first kappa shape index (κ1) is 27.8. The molecular weight excluding hydrogens is 551 g/mol. The average molecular weight is 576 g/mol. The summed E-state index contributed by atoms with van der Waals surface area (Å²) in [6.07, 6.45) is -2.43. The van der Waals surface area contributed by atoms with E-state index in [2.05, 4.69) is 30.6 Å². The number of aromatic nitrogens is 4. The topological polar surface area (TPSA) is 119 Å². The zero-order valence-corrected chi connectivity index (χ0v) is 22.7. The summed E-state index contributed by atoms with van der Waals surface area (Å²) in [4.78, 5) is 31.9. The lowest BCUT2D eigenvalue weighted by Crippen LogP contribution is -2.14. The van der Waals surface area contributed by atoms with Crippen molar-refractivity contribution in [3.05, 3.63) is 96.1 Å². The minimum atomic E-state index is -4.52. The van der Waals surface area contributed by atoms with Gasteiger partial charge in [0.25, 0.3) is 5.91 Å². The monoisotopic (exact) mass is 575 g/mol. The normalized spacial score (nSPS) is 11.6. The third-order valence-electron chi connectivity index (χ3n) is 6.05. The number of halogens is 3. The third-order valence-corrected chi connectivity index (χ3v) is 7.13. The molecule has 3 aromatic heterocycles. The summed E-state index contributed by atoms with van der Waals surface area (Å²) in [5, 5.41) is 6.57. The summed E-state index contributed by atoms with van der Waals surface area (Å²) in [7, 11) is 0. The molecule has 0 fully saturated rings. The molecule has 1 amide bonds. The molecule has 0 bridgehead atoms. The van der Waals surface area contributed by atoms with Crippen LogP contribution >= 0.6 is 11.8 Å². The van der Waals surface area contributed by atoms with Crippen LogP contribution in [0.25, 0.3) is 11.0 Å². The maximum absolute atomic E-state index is 13.1. The number of nitrogens with two attached hydrogens (primary N) is 1. The van der Waals surface area contributed by atoms with Crippen LogP contribution in [0, 0.1) is 0 Å². The Morgan fingerprint density at radius 1 is 0.951 bits per heavy atom. The molecule has 0 radical (unpaired) electrons. The van der Waals surface area contributed by atoms with E-state index in [9.17, 15) is 18.0 Å². The van der Waals surface area contributed by atoms with E-state index < -0.39 is 17.6 Å². The molecule has 0 spiro atoms. The highest BCUT2D eigenvalue weighted by Crippen LogP contribution is 2.37. The van der Waals surface area contributed by atoms with Crippen LogP contribution in [0.15, 0.2) is 89.0 Å². The van der Waals surface area contributed by atoms with E-state index in [1.54, 1.807) is 30.3 Å². The van der Waals surface area contributed by atoms with Gasteiger partial charge in [0.15, 0.2) is 5.65 Å². The lowest BCUT2D eigenvalue weighted by Gasteiger charge is -2.15. The molecule has 0 atom stereocenters. The maximum atomic E-state index is 13.1. The number of rotatable bonds is 7. The molecule has 0 aliphatic rings. The minimum absolute atomic E-state index is 0.00772. The van der Waals surface area contributed by atoms with Crippen molar-refractivity contribution < 1.29 is 18.0 Å². The van der Waals surface area contributed by atoms with Gasteiger partial charge in [0.2, 0.25) is 0 Å². The Morgan fingerprint density at radius 3 is 2.41 bits per heavy atom. The molecule has 2 aromatic carbocycles. The van der Waals surface area contributed by atoms with Crippen LogP contribution in [-0.2, 0) is 6.18 Å². The van der Waals surface area contributed by atoms with Gasteiger partial charge >= 0.3 is 6.18 Å². The highest BCUT2D eigenvalue weighted by atomic mass is 32.2. The number of hydrogen-bond acceptors (Lipinski definition) is 8. The minimum Gasteiger partial charge on any atom is -0.399 e. The summed E-state index contributed by atoms with van der Waals surface area (Å²) < 4.78 is 38.6. The van der Waals surface area contributed by atoms with E-state index in [0.717, 1.165) is 27.6 Å². The number of anilines is 4. The fourth-order valence-electron chi connectivity index (χ4n) is 3.85. The molecule has 5 aromatic rings. The predicted molar refractivity (Wildman–Crippen MR) is 153 cm³/mol. The Labute approximate surface area is 237 Å². The summed E-state index contributed by atoms with van der Waals surface area (Å²) in [6.45, 7) is 4.10. The average Bonchev–Trinajstić information content (AvgIpc) is 2.94. The van der Waals surface area contributed by atoms with Gasteiger partial charge in [0.05, 0.1) is 16.6 Å². The second-order valence-corrected chi connectivity index (χ2v) is 10.5. The molecule has 5 rings (SSSR count). The van der Waals surface area contributed by atoms with E-state index >= 15 is 0 Å². The fraction of sp³-hybridized carbons (Fsp3) is 0.138. The summed E-state index contributed by atoms with van der Waals surface area (Å²) >= 11 is 1.45. The third kappa shape index (κ3) is 6.55. The number of nitrogen functional groups attached to an aromatic ring is 1. The molecule has 0 unspecified atom stereocenters. The van der Waals surface area contributed by atoms with Crippen LogP contribution in [0.3, 0.4) is 0 Å². The lowest BCUT2D eigenvalue weighted by molar-refractivity contribution is -0.137. The van der Waals surface area contributed by atoms with Gasteiger partial charge in [0, 0.05) is 32.9 Å². The number of fused-ring (bicyclic) bond motifs is 1. The Hall–Kier alpha value is -4.71. The van der Waals surface area contributed by atoms with Crippen molar-refractivity contribution in [3.63, 3.8) is 0 Å². The van der Waals surface area contributed by atoms with Gasteiger partial charge in [-0.05, 0) is 72.6 Å². The van der Waals surface area contributed by atoms with Gasteiger partial charge in [-0.1, -0.05) is 25.6 Å². The van der Waals surface area contributed by atoms with Crippen LogP contribution in [-0.4, -0.2) is 25.8 Å². The number of benzene rings is 2. The first-order valence-electron chi connectivity index (χ1n) is 12.5. The Bertz CT molecular complexity index is 1710. The van der Waals surface area contributed by atoms with Crippen LogP contribution in [0.4, 0.5) is 36.2 Å². The highest BCUT2D eigenvalue weighted by Gasteiger charge is 2.30. The molecule has 0 saturated heterocycles. The Morgan fingerprint density at radius 2 is 1.73 bits per heavy atom. The largest absolute Gasteiger partial charge is 0.417 e. The fourth-order valence-corrected chi connectivity index (χ4v) is 4.73. The van der Waals surface area contributed by atoms with Crippen molar-refractivity contribution in [1.82, 2.24) is 19.9 Å². The Balaban J connectivity index is 1.48. The van der Waals surface area contributed by atoms with Crippen molar-refractivity contribution in [1.29, 1.82) is 0 Å². The van der Waals surface area contributed by atoms with E-state index in [0.29, 0.717) is 34.4 Å². The van der Waals surface area contributed by atoms with Crippen LogP contribution < -0.4 is 16.4 Å². The smallest absolute Gasteiger partial charge is 0.399 e. The van der Waals surface area contributed by atoms with Crippen LogP contribution in [0.5, 0.6) is 0 Å². The van der Waals surface area contributed by atoms with Gasteiger partial charge in [-0.3, -0.25) is 4.79 Å². The zero-order valence-electron chi connectivity index (χ0n) is 21.9. The molecular formula is C29H24F3N7OS. The maximum Gasteiger partial charge on any atom is 0.417 e. The molecule has 0 saturated carbocycles. The highest BCUT2D eigenvalue weighted by molar-refractivity contribution is 7.99. The lowest BCUT2D eigenvalue weighted by atomic mass is 10.1. The number of alkyl halides is 3. The summed E-state index contributed by atoms with van der Waals surface area (Å²) in [5.74, 6) is 0.175. The molecule has 12 heteroatoms. The van der Waals surface area contributed by atoms with Gasteiger partial charge in [0.1, 0.15) is 18.0 Å². The van der Waals surface area contributed by atoms with E-state index in [4.69, 9.17) is 5.73 Å². The van der Waals surface area contributed by atoms with Crippen molar-refractivity contribution in [3.8, 4) is 0 Å². The summed E-state index contributed by atoms with van der Waals surface area (Å²) in [6, 6.07) is 18.2. The van der Waals surface area contributed by atoms with Gasteiger partial charge in [-0.15, -0.1) is 0 Å². The molecule has 41 heavy (non-hydrogen) atoms. The number of amides is 1. The van der Waals surface area contributed by atoms with Crippen LogP contribution in [0.2, 0.25) is 0 Å². The number of carbonyl (C=O) groups excluding carboxylic acids is 1.